The third-order valence-corrected chi connectivity index (χ3v) is 4.83. The fraction of sp³-hybridized carbons (Fsp3) is 0.304. The zero-order chi connectivity index (χ0) is 22.4. The summed E-state index contributed by atoms with van der Waals surface area (Å²) in [6.07, 6.45) is 0.539. The molecule has 0 spiro atoms. The van der Waals surface area contributed by atoms with Gasteiger partial charge < -0.3 is 14.8 Å². The van der Waals surface area contributed by atoms with Gasteiger partial charge in [0.25, 0.3) is 17.7 Å². The number of rotatable bonds is 9. The molecule has 1 N–H and O–H groups in total. The third-order valence-electron chi connectivity index (χ3n) is 4.83. The number of amides is 3. The first-order chi connectivity index (χ1) is 14.9. The van der Waals surface area contributed by atoms with Crippen LogP contribution in [0.3, 0.4) is 0 Å². The van der Waals surface area contributed by atoms with Gasteiger partial charge in [0.2, 0.25) is 0 Å². The lowest BCUT2D eigenvalue weighted by Crippen LogP contribution is -2.38. The number of methoxy groups -OCH3 is 1. The van der Waals surface area contributed by atoms with E-state index >= 15 is 0 Å². The van der Waals surface area contributed by atoms with Crippen molar-refractivity contribution in [3.05, 3.63) is 70.8 Å². The van der Waals surface area contributed by atoms with Gasteiger partial charge in [0, 0.05) is 19.7 Å². The van der Waals surface area contributed by atoms with E-state index in [1.807, 2.05) is 30.3 Å². The Labute approximate surface area is 180 Å². The Bertz CT molecular complexity index is 989. The number of fused-ring (bicyclic) bond motifs is 1. The lowest BCUT2D eigenvalue weighted by molar-refractivity contribution is -0.125. The number of imide groups is 1. The molecular weight excluding hydrogens is 400 g/mol. The minimum Gasteiger partial charge on any atom is -0.452 e. The molecule has 1 atom stereocenters. The minimum absolute atomic E-state index is 0.0996. The fourth-order valence-electron chi connectivity index (χ4n) is 3.33. The van der Waals surface area contributed by atoms with Crippen LogP contribution in [0, 0.1) is 0 Å². The Kier molecular flexibility index (Phi) is 7.15. The fourth-order valence-corrected chi connectivity index (χ4v) is 3.33. The van der Waals surface area contributed by atoms with Crippen molar-refractivity contribution in [2.75, 3.05) is 26.9 Å². The number of carbonyl (C=O) groups is 4. The maximum absolute atomic E-state index is 12.7. The second kappa shape index (κ2) is 9.99. The van der Waals surface area contributed by atoms with E-state index in [-0.39, 0.29) is 35.2 Å². The van der Waals surface area contributed by atoms with Gasteiger partial charge in [0.1, 0.15) is 0 Å². The van der Waals surface area contributed by atoms with Crippen LogP contribution in [0.1, 0.15) is 43.6 Å². The largest absolute Gasteiger partial charge is 0.452 e. The number of nitrogens with one attached hydrogen (secondary N) is 1. The second-order valence-corrected chi connectivity index (χ2v) is 7.26. The molecule has 31 heavy (non-hydrogen) atoms. The molecule has 162 valence electrons. The van der Waals surface area contributed by atoms with Crippen LogP contribution in [0.5, 0.6) is 0 Å². The number of benzene rings is 2. The molecule has 8 nitrogen and oxygen atoms in total. The molecule has 0 aromatic heterocycles. The van der Waals surface area contributed by atoms with E-state index < -0.39 is 24.4 Å². The van der Waals surface area contributed by atoms with Crippen LogP contribution in [0.15, 0.2) is 48.5 Å². The zero-order valence-electron chi connectivity index (χ0n) is 17.4. The molecule has 2 aromatic rings. The van der Waals surface area contributed by atoms with Gasteiger partial charge in [-0.05, 0) is 37.1 Å². The molecule has 1 heterocycles. The number of ether oxygens (including phenoxy) is 2. The van der Waals surface area contributed by atoms with Crippen LogP contribution in [-0.4, -0.2) is 61.5 Å². The van der Waals surface area contributed by atoms with Gasteiger partial charge >= 0.3 is 5.97 Å². The molecule has 0 bridgehead atoms. The average Bonchev–Trinajstić information content (AvgIpc) is 3.00. The monoisotopic (exact) mass is 424 g/mol. The first kappa shape index (κ1) is 22.2. The van der Waals surface area contributed by atoms with Crippen molar-refractivity contribution in [3.63, 3.8) is 0 Å². The summed E-state index contributed by atoms with van der Waals surface area (Å²) in [5, 5.41) is 2.63. The SMILES string of the molecule is COCC(C)NC(=O)COC(=O)c1ccc2c(c1)C(=O)N(CCc1ccccc1)C2=O. The summed E-state index contributed by atoms with van der Waals surface area (Å²) < 4.78 is 9.95. The van der Waals surface area contributed by atoms with E-state index in [0.29, 0.717) is 13.0 Å². The molecule has 0 saturated heterocycles. The molecule has 3 rings (SSSR count). The van der Waals surface area contributed by atoms with Crippen molar-refractivity contribution in [1.29, 1.82) is 0 Å². The molecule has 0 aliphatic carbocycles. The highest BCUT2D eigenvalue weighted by Gasteiger charge is 2.35. The molecular formula is C23H24N2O6. The van der Waals surface area contributed by atoms with Gasteiger partial charge in [-0.25, -0.2) is 4.79 Å². The smallest absolute Gasteiger partial charge is 0.338 e. The highest BCUT2D eigenvalue weighted by Crippen LogP contribution is 2.24. The number of esters is 1. The van der Waals surface area contributed by atoms with E-state index in [1.54, 1.807) is 6.92 Å². The Balaban J connectivity index is 1.61. The van der Waals surface area contributed by atoms with E-state index in [0.717, 1.165) is 5.56 Å². The Hall–Kier alpha value is -3.52. The van der Waals surface area contributed by atoms with Gasteiger partial charge in [-0.15, -0.1) is 0 Å². The molecule has 1 unspecified atom stereocenters. The van der Waals surface area contributed by atoms with Crippen LogP contribution in [0.4, 0.5) is 0 Å². The minimum atomic E-state index is -0.750. The Morgan fingerprint density at radius 1 is 1.03 bits per heavy atom. The Morgan fingerprint density at radius 3 is 2.45 bits per heavy atom. The quantitative estimate of drug-likeness (QED) is 0.487. The number of carbonyl (C=O) groups excluding carboxylic acids is 4. The van der Waals surface area contributed by atoms with Crippen LogP contribution in [0.25, 0.3) is 0 Å². The highest BCUT2D eigenvalue weighted by atomic mass is 16.5. The summed E-state index contributed by atoms with van der Waals surface area (Å²) in [4.78, 5) is 50.6. The maximum atomic E-state index is 12.7. The number of hydrogen-bond acceptors (Lipinski definition) is 6. The maximum Gasteiger partial charge on any atom is 0.338 e. The summed E-state index contributed by atoms with van der Waals surface area (Å²) in [6.45, 7) is 1.88. The summed E-state index contributed by atoms with van der Waals surface area (Å²) in [7, 11) is 1.52. The predicted molar refractivity (Wildman–Crippen MR) is 112 cm³/mol. The van der Waals surface area contributed by atoms with Crippen LogP contribution in [0.2, 0.25) is 0 Å². The average molecular weight is 424 g/mol. The molecule has 2 aromatic carbocycles. The van der Waals surface area contributed by atoms with E-state index in [4.69, 9.17) is 9.47 Å². The van der Waals surface area contributed by atoms with Gasteiger partial charge in [0.05, 0.1) is 23.3 Å². The van der Waals surface area contributed by atoms with Crippen LogP contribution < -0.4 is 5.32 Å². The lowest BCUT2D eigenvalue weighted by Gasteiger charge is -2.13. The van der Waals surface area contributed by atoms with E-state index in [2.05, 4.69) is 5.32 Å². The molecule has 8 heteroatoms. The zero-order valence-corrected chi connectivity index (χ0v) is 17.4. The van der Waals surface area contributed by atoms with E-state index in [1.165, 1.54) is 30.2 Å². The lowest BCUT2D eigenvalue weighted by atomic mass is 10.1. The summed E-state index contributed by atoms with van der Waals surface area (Å²) >= 11 is 0. The molecule has 3 amide bonds. The van der Waals surface area contributed by atoms with Crippen molar-refractivity contribution in [2.45, 2.75) is 19.4 Å². The topological polar surface area (TPSA) is 102 Å². The number of nitrogens with zero attached hydrogens (tertiary/aromatic N) is 1. The van der Waals surface area contributed by atoms with Gasteiger partial charge in [-0.1, -0.05) is 30.3 Å². The molecule has 0 radical (unpaired) electrons. The summed E-state index contributed by atoms with van der Waals surface area (Å²) in [6, 6.07) is 13.5. The Morgan fingerprint density at radius 2 is 1.74 bits per heavy atom. The van der Waals surface area contributed by atoms with Gasteiger partial charge in [-0.3, -0.25) is 19.3 Å². The first-order valence-corrected chi connectivity index (χ1v) is 9.90. The second-order valence-electron chi connectivity index (χ2n) is 7.26. The molecule has 1 aliphatic rings. The molecule has 0 saturated carbocycles. The molecule has 0 fully saturated rings. The van der Waals surface area contributed by atoms with Crippen molar-refractivity contribution in [2.24, 2.45) is 0 Å². The van der Waals surface area contributed by atoms with Crippen LogP contribution in [-0.2, 0) is 20.7 Å². The van der Waals surface area contributed by atoms with Crippen molar-refractivity contribution >= 4 is 23.7 Å². The highest BCUT2D eigenvalue weighted by molar-refractivity contribution is 6.22. The van der Waals surface area contributed by atoms with E-state index in [9.17, 15) is 19.2 Å². The van der Waals surface area contributed by atoms with Gasteiger partial charge in [0.15, 0.2) is 6.61 Å². The summed E-state index contributed by atoms with van der Waals surface area (Å²) in [5.74, 6) is -2.04. The predicted octanol–water partition coefficient (Wildman–Crippen LogP) is 1.83. The standard InChI is InChI=1S/C23H24N2O6/c1-15(13-30-2)24-20(26)14-31-23(29)17-8-9-18-19(12-17)22(28)25(21(18)27)11-10-16-6-4-3-5-7-16/h3-9,12,15H,10-11,13-14H2,1-2H3,(H,24,26). The van der Waals surface area contributed by atoms with Gasteiger partial charge in [-0.2, -0.15) is 0 Å². The van der Waals surface area contributed by atoms with Crippen LogP contribution >= 0.6 is 0 Å². The van der Waals surface area contributed by atoms with Crippen molar-refractivity contribution in [1.82, 2.24) is 10.2 Å². The van der Waals surface area contributed by atoms with Crippen molar-refractivity contribution in [3.8, 4) is 0 Å². The first-order valence-electron chi connectivity index (χ1n) is 9.90. The molecule has 1 aliphatic heterocycles. The summed E-state index contributed by atoms with van der Waals surface area (Å²) in [5.41, 5.74) is 1.52. The normalized spacial score (nSPS) is 13.7. The number of hydrogen-bond donors (Lipinski definition) is 1. The third kappa shape index (κ3) is 5.35. The van der Waals surface area contributed by atoms with Crippen molar-refractivity contribution < 1.29 is 28.7 Å².